The molecule has 1 aromatic heterocycles. The van der Waals surface area contributed by atoms with E-state index < -0.39 is 0 Å². The van der Waals surface area contributed by atoms with Crippen molar-refractivity contribution in [3.05, 3.63) is 51.7 Å². The number of rotatable bonds is 4. The number of aliphatic hydroxyl groups excluding tert-OH is 1. The monoisotopic (exact) mass is 274 g/mol. The highest BCUT2D eigenvalue weighted by molar-refractivity contribution is 7.09. The molecule has 1 aliphatic carbocycles. The van der Waals surface area contributed by atoms with Crippen molar-refractivity contribution < 1.29 is 9.84 Å². The Kier molecular flexibility index (Phi) is 3.85. The van der Waals surface area contributed by atoms with Gasteiger partial charge in [0.15, 0.2) is 0 Å². The number of ether oxygens (including phenoxy) is 1. The van der Waals surface area contributed by atoms with Crippen molar-refractivity contribution in [1.82, 2.24) is 0 Å². The molecule has 1 atom stereocenters. The van der Waals surface area contributed by atoms with E-state index in [4.69, 9.17) is 4.74 Å². The van der Waals surface area contributed by atoms with Gasteiger partial charge < -0.3 is 9.84 Å². The largest absolute Gasteiger partial charge is 0.493 e. The SMILES string of the molecule is O[C@@H]1CCCc2ccc(OCCc3cccs3)cc21. The summed E-state index contributed by atoms with van der Waals surface area (Å²) in [6.07, 6.45) is 3.64. The summed E-state index contributed by atoms with van der Waals surface area (Å²) in [5.41, 5.74) is 2.32. The zero-order valence-electron chi connectivity index (χ0n) is 10.8. The van der Waals surface area contributed by atoms with Crippen LogP contribution in [0.4, 0.5) is 0 Å². The fraction of sp³-hybridized carbons (Fsp3) is 0.375. The second kappa shape index (κ2) is 5.76. The zero-order valence-corrected chi connectivity index (χ0v) is 11.7. The van der Waals surface area contributed by atoms with Crippen molar-refractivity contribution >= 4 is 11.3 Å². The third-order valence-electron chi connectivity index (χ3n) is 3.60. The first-order valence-corrected chi connectivity index (χ1v) is 7.67. The van der Waals surface area contributed by atoms with Crippen LogP contribution in [-0.4, -0.2) is 11.7 Å². The number of fused-ring (bicyclic) bond motifs is 1. The normalized spacial score (nSPS) is 18.1. The Morgan fingerprint density at radius 2 is 2.26 bits per heavy atom. The van der Waals surface area contributed by atoms with E-state index in [2.05, 4.69) is 23.6 Å². The van der Waals surface area contributed by atoms with Gasteiger partial charge in [0.1, 0.15) is 5.75 Å². The average Bonchev–Trinajstić information content (AvgIpc) is 2.93. The highest BCUT2D eigenvalue weighted by Crippen LogP contribution is 2.32. The molecule has 0 radical (unpaired) electrons. The molecule has 0 saturated carbocycles. The van der Waals surface area contributed by atoms with Gasteiger partial charge in [0, 0.05) is 11.3 Å². The summed E-state index contributed by atoms with van der Waals surface area (Å²) >= 11 is 1.76. The minimum Gasteiger partial charge on any atom is -0.493 e. The fourth-order valence-corrected chi connectivity index (χ4v) is 3.26. The van der Waals surface area contributed by atoms with Gasteiger partial charge in [-0.1, -0.05) is 12.1 Å². The molecule has 2 aromatic rings. The lowest BCUT2D eigenvalue weighted by molar-refractivity contribution is 0.156. The molecule has 0 saturated heterocycles. The summed E-state index contributed by atoms with van der Waals surface area (Å²) in [5, 5.41) is 12.1. The van der Waals surface area contributed by atoms with Crippen LogP contribution in [0.25, 0.3) is 0 Å². The van der Waals surface area contributed by atoms with Crippen molar-refractivity contribution in [1.29, 1.82) is 0 Å². The van der Waals surface area contributed by atoms with Gasteiger partial charge in [-0.25, -0.2) is 0 Å². The van der Waals surface area contributed by atoms with E-state index in [-0.39, 0.29) is 6.10 Å². The van der Waals surface area contributed by atoms with E-state index in [1.807, 2.05) is 12.1 Å². The van der Waals surface area contributed by atoms with Crippen molar-refractivity contribution in [2.75, 3.05) is 6.61 Å². The molecule has 2 nitrogen and oxygen atoms in total. The van der Waals surface area contributed by atoms with Crippen LogP contribution in [0.5, 0.6) is 5.75 Å². The zero-order chi connectivity index (χ0) is 13.1. The second-order valence-corrected chi connectivity index (χ2v) is 5.98. The molecule has 0 aliphatic heterocycles. The van der Waals surface area contributed by atoms with Crippen molar-refractivity contribution in [3.63, 3.8) is 0 Å². The van der Waals surface area contributed by atoms with Crippen LogP contribution in [0.3, 0.4) is 0 Å². The highest BCUT2D eigenvalue weighted by Gasteiger charge is 2.18. The summed E-state index contributed by atoms with van der Waals surface area (Å²) in [6.45, 7) is 0.690. The van der Waals surface area contributed by atoms with Crippen LogP contribution in [0, 0.1) is 0 Å². The van der Waals surface area contributed by atoms with Gasteiger partial charge in [0.05, 0.1) is 12.7 Å². The first kappa shape index (κ1) is 12.7. The molecule has 3 heteroatoms. The van der Waals surface area contributed by atoms with Gasteiger partial charge in [-0.15, -0.1) is 11.3 Å². The maximum Gasteiger partial charge on any atom is 0.119 e. The summed E-state index contributed by atoms with van der Waals surface area (Å²) in [6, 6.07) is 10.3. The Morgan fingerprint density at radius 3 is 3.11 bits per heavy atom. The van der Waals surface area contributed by atoms with Gasteiger partial charge >= 0.3 is 0 Å². The smallest absolute Gasteiger partial charge is 0.119 e. The highest BCUT2D eigenvalue weighted by atomic mass is 32.1. The number of aryl methyl sites for hydroxylation is 1. The number of hydrogen-bond donors (Lipinski definition) is 1. The minimum absolute atomic E-state index is 0.315. The molecule has 0 bridgehead atoms. The molecule has 1 N–H and O–H groups in total. The Labute approximate surface area is 117 Å². The van der Waals surface area contributed by atoms with Crippen LogP contribution >= 0.6 is 11.3 Å². The van der Waals surface area contributed by atoms with Crippen molar-refractivity contribution in [3.8, 4) is 5.75 Å². The molecule has 100 valence electrons. The predicted octanol–water partition coefficient (Wildman–Crippen LogP) is 3.74. The summed E-state index contributed by atoms with van der Waals surface area (Å²) in [7, 11) is 0. The quantitative estimate of drug-likeness (QED) is 0.920. The van der Waals surface area contributed by atoms with Gasteiger partial charge in [0.25, 0.3) is 0 Å². The topological polar surface area (TPSA) is 29.5 Å². The third-order valence-corrected chi connectivity index (χ3v) is 4.53. The number of hydrogen-bond acceptors (Lipinski definition) is 3. The Hall–Kier alpha value is -1.32. The molecule has 0 fully saturated rings. The molecule has 1 heterocycles. The number of benzene rings is 1. The standard InChI is InChI=1S/C16H18O2S/c17-16-5-1-3-12-6-7-13(11-15(12)16)18-9-8-14-4-2-10-19-14/h2,4,6-7,10-11,16-17H,1,3,5,8-9H2/t16-/m1/s1. The lowest BCUT2D eigenvalue weighted by Gasteiger charge is -2.21. The Morgan fingerprint density at radius 1 is 1.32 bits per heavy atom. The first-order valence-electron chi connectivity index (χ1n) is 6.79. The van der Waals surface area contributed by atoms with Gasteiger partial charge in [-0.3, -0.25) is 0 Å². The van der Waals surface area contributed by atoms with E-state index in [0.29, 0.717) is 6.61 Å². The van der Waals surface area contributed by atoms with E-state index in [1.165, 1.54) is 10.4 Å². The van der Waals surface area contributed by atoms with Crippen LogP contribution in [-0.2, 0) is 12.8 Å². The van der Waals surface area contributed by atoms with Gasteiger partial charge in [0.2, 0.25) is 0 Å². The van der Waals surface area contributed by atoms with E-state index in [0.717, 1.165) is 37.0 Å². The van der Waals surface area contributed by atoms with Crippen LogP contribution in [0.1, 0.15) is 34.9 Å². The average molecular weight is 274 g/mol. The van der Waals surface area contributed by atoms with E-state index in [9.17, 15) is 5.11 Å². The van der Waals surface area contributed by atoms with Crippen molar-refractivity contribution in [2.24, 2.45) is 0 Å². The lowest BCUT2D eigenvalue weighted by Crippen LogP contribution is -2.09. The molecular formula is C16H18O2S. The van der Waals surface area contributed by atoms with Crippen LogP contribution in [0.15, 0.2) is 35.7 Å². The molecule has 1 aliphatic rings. The molecule has 0 amide bonds. The summed E-state index contributed by atoms with van der Waals surface area (Å²) in [4.78, 5) is 1.35. The minimum atomic E-state index is -0.315. The first-order chi connectivity index (χ1) is 9.33. The molecule has 19 heavy (non-hydrogen) atoms. The fourth-order valence-electron chi connectivity index (χ4n) is 2.57. The van der Waals surface area contributed by atoms with Gasteiger partial charge in [-0.2, -0.15) is 0 Å². The second-order valence-electron chi connectivity index (χ2n) is 4.95. The molecule has 0 spiro atoms. The van der Waals surface area contributed by atoms with Gasteiger partial charge in [-0.05, 0) is 54.0 Å². The van der Waals surface area contributed by atoms with Crippen LogP contribution < -0.4 is 4.74 Å². The Bertz CT molecular complexity index is 534. The molecular weight excluding hydrogens is 256 g/mol. The van der Waals surface area contributed by atoms with E-state index in [1.54, 1.807) is 11.3 Å². The number of thiophene rings is 1. The molecule has 0 unspecified atom stereocenters. The summed E-state index contributed by atoms with van der Waals surface area (Å²) in [5.74, 6) is 0.872. The third kappa shape index (κ3) is 2.99. The number of aliphatic hydroxyl groups is 1. The maximum atomic E-state index is 10.0. The predicted molar refractivity (Wildman–Crippen MR) is 77.9 cm³/mol. The molecule has 3 rings (SSSR count). The maximum absolute atomic E-state index is 10.0. The molecule has 1 aromatic carbocycles. The van der Waals surface area contributed by atoms with Crippen LogP contribution in [0.2, 0.25) is 0 Å². The lowest BCUT2D eigenvalue weighted by atomic mass is 9.89. The summed E-state index contributed by atoms with van der Waals surface area (Å²) < 4.78 is 5.79. The van der Waals surface area contributed by atoms with Crippen molar-refractivity contribution in [2.45, 2.75) is 31.8 Å². The van der Waals surface area contributed by atoms with E-state index >= 15 is 0 Å². The Balaban J connectivity index is 1.63.